The van der Waals surface area contributed by atoms with Crippen molar-refractivity contribution >= 4 is 23.1 Å². The van der Waals surface area contributed by atoms with Crippen LogP contribution in [-0.4, -0.2) is 45.9 Å². The molecule has 3 aromatic rings. The summed E-state index contributed by atoms with van der Waals surface area (Å²) in [5.41, 5.74) is 1.40. The number of ether oxygens (including phenoxy) is 1. The molecule has 140 valence electrons. The summed E-state index contributed by atoms with van der Waals surface area (Å²) in [6.07, 6.45) is 3.15. The van der Waals surface area contributed by atoms with Crippen LogP contribution in [0.3, 0.4) is 0 Å². The first-order valence-electron chi connectivity index (χ1n) is 9.13. The molecule has 0 radical (unpaired) electrons. The van der Waals surface area contributed by atoms with Gasteiger partial charge in [0, 0.05) is 37.7 Å². The van der Waals surface area contributed by atoms with Gasteiger partial charge in [-0.3, -0.25) is 4.79 Å². The number of hydrogen-bond donors (Lipinski definition) is 1. The van der Waals surface area contributed by atoms with Gasteiger partial charge < -0.3 is 15.0 Å². The Morgan fingerprint density at radius 1 is 1.19 bits per heavy atom. The largest absolute Gasteiger partial charge is 0.497 e. The monoisotopic (exact) mass is 366 g/mol. The minimum atomic E-state index is -0.0873. The number of aryl methyl sites for hydroxylation is 1. The second kappa shape index (κ2) is 7.61. The van der Waals surface area contributed by atoms with Crippen LogP contribution in [0.1, 0.15) is 25.1 Å². The first kappa shape index (κ1) is 17.3. The molecular formula is C19H22N6O2. The van der Waals surface area contributed by atoms with Gasteiger partial charge in [0.15, 0.2) is 11.5 Å². The molecule has 8 nitrogen and oxygen atoms in total. The van der Waals surface area contributed by atoms with E-state index in [1.54, 1.807) is 17.7 Å². The molecule has 0 spiro atoms. The minimum Gasteiger partial charge on any atom is -0.497 e. The number of amides is 1. The van der Waals surface area contributed by atoms with Crippen molar-refractivity contribution in [1.29, 1.82) is 0 Å². The molecular weight excluding hydrogens is 344 g/mol. The maximum atomic E-state index is 12.3. The Balaban J connectivity index is 1.43. The van der Waals surface area contributed by atoms with Gasteiger partial charge in [-0.05, 0) is 37.1 Å². The van der Waals surface area contributed by atoms with Crippen LogP contribution in [0.25, 0.3) is 5.65 Å². The van der Waals surface area contributed by atoms with Crippen molar-refractivity contribution in [3.05, 3.63) is 42.2 Å². The smallest absolute Gasteiger partial charge is 0.224 e. The van der Waals surface area contributed by atoms with Crippen LogP contribution in [0, 0.1) is 0 Å². The van der Waals surface area contributed by atoms with E-state index in [0.29, 0.717) is 35.8 Å². The molecule has 0 unspecified atom stereocenters. The van der Waals surface area contributed by atoms with Crippen LogP contribution < -0.4 is 15.0 Å². The van der Waals surface area contributed by atoms with E-state index in [2.05, 4.69) is 25.5 Å². The van der Waals surface area contributed by atoms with Crippen LogP contribution >= 0.6 is 0 Å². The van der Waals surface area contributed by atoms with Gasteiger partial charge in [-0.15, -0.1) is 15.3 Å². The first-order chi connectivity index (χ1) is 13.2. The van der Waals surface area contributed by atoms with Gasteiger partial charge >= 0.3 is 0 Å². The van der Waals surface area contributed by atoms with Crippen molar-refractivity contribution < 1.29 is 9.53 Å². The Kier molecular flexibility index (Phi) is 4.86. The van der Waals surface area contributed by atoms with E-state index in [-0.39, 0.29) is 5.91 Å². The lowest BCUT2D eigenvalue weighted by molar-refractivity contribution is -0.116. The van der Waals surface area contributed by atoms with Gasteiger partial charge in [-0.25, -0.2) is 0 Å². The third kappa shape index (κ3) is 3.84. The maximum absolute atomic E-state index is 12.3. The molecule has 3 heterocycles. The fraction of sp³-hybridized carbons (Fsp3) is 0.368. The number of carbonyl (C=O) groups excluding carboxylic acids is 1. The normalized spacial score (nSPS) is 13.9. The molecule has 1 aromatic carbocycles. The van der Waals surface area contributed by atoms with Crippen LogP contribution in [0.5, 0.6) is 5.75 Å². The Hall–Kier alpha value is -3.16. The quantitative estimate of drug-likeness (QED) is 0.721. The molecule has 2 aromatic heterocycles. The molecule has 8 heteroatoms. The molecule has 1 aliphatic rings. The highest BCUT2D eigenvalue weighted by molar-refractivity contribution is 5.90. The molecule has 0 saturated carbocycles. The zero-order valence-electron chi connectivity index (χ0n) is 15.3. The summed E-state index contributed by atoms with van der Waals surface area (Å²) in [6, 6.07) is 11.2. The van der Waals surface area contributed by atoms with E-state index in [1.165, 1.54) is 12.8 Å². The van der Waals surface area contributed by atoms with Crippen molar-refractivity contribution in [3.8, 4) is 5.75 Å². The number of methoxy groups -OCH3 is 1. The predicted molar refractivity (Wildman–Crippen MR) is 102 cm³/mol. The molecule has 1 amide bonds. The number of fused-ring (bicyclic) bond motifs is 1. The lowest BCUT2D eigenvalue weighted by Gasteiger charge is -2.15. The third-order valence-corrected chi connectivity index (χ3v) is 4.67. The molecule has 4 rings (SSSR count). The summed E-state index contributed by atoms with van der Waals surface area (Å²) in [6.45, 7) is 2.05. The van der Waals surface area contributed by atoms with Crippen molar-refractivity contribution in [3.63, 3.8) is 0 Å². The maximum Gasteiger partial charge on any atom is 0.224 e. The first-order valence-corrected chi connectivity index (χ1v) is 9.13. The number of rotatable bonds is 6. The lowest BCUT2D eigenvalue weighted by Crippen LogP contribution is -2.20. The number of hydrogen-bond acceptors (Lipinski definition) is 6. The van der Waals surface area contributed by atoms with E-state index in [1.807, 2.05) is 30.3 Å². The van der Waals surface area contributed by atoms with Gasteiger partial charge in [-0.1, -0.05) is 6.07 Å². The fourth-order valence-electron chi connectivity index (χ4n) is 3.24. The molecule has 1 fully saturated rings. The van der Waals surface area contributed by atoms with E-state index in [0.717, 1.165) is 18.9 Å². The number of benzene rings is 1. The molecule has 1 saturated heterocycles. The summed E-state index contributed by atoms with van der Waals surface area (Å²) in [5, 5.41) is 15.9. The highest BCUT2D eigenvalue weighted by atomic mass is 16.5. The second-order valence-corrected chi connectivity index (χ2v) is 6.55. The number of anilines is 2. The summed E-state index contributed by atoms with van der Waals surface area (Å²) < 4.78 is 6.91. The second-order valence-electron chi connectivity index (χ2n) is 6.55. The van der Waals surface area contributed by atoms with Crippen molar-refractivity contribution in [2.45, 2.75) is 25.7 Å². The highest BCUT2D eigenvalue weighted by Crippen LogP contribution is 2.19. The van der Waals surface area contributed by atoms with Gasteiger partial charge in [-0.2, -0.15) is 4.52 Å². The minimum absolute atomic E-state index is 0.0873. The van der Waals surface area contributed by atoms with Crippen molar-refractivity contribution in [2.75, 3.05) is 30.4 Å². The SMILES string of the molecule is COc1cccc(NC(=O)CCc2nnc3ccc(N4CCCC4)nn23)c1. The molecule has 0 atom stereocenters. The molecule has 0 aliphatic carbocycles. The summed E-state index contributed by atoms with van der Waals surface area (Å²) in [7, 11) is 1.60. The Labute approximate surface area is 157 Å². The number of nitrogens with zero attached hydrogens (tertiary/aromatic N) is 5. The van der Waals surface area contributed by atoms with Gasteiger partial charge in [0.25, 0.3) is 0 Å². The molecule has 1 aliphatic heterocycles. The zero-order chi connectivity index (χ0) is 18.6. The Morgan fingerprint density at radius 2 is 2.04 bits per heavy atom. The van der Waals surface area contributed by atoms with Crippen LogP contribution in [0.4, 0.5) is 11.5 Å². The van der Waals surface area contributed by atoms with Crippen molar-refractivity contribution in [1.82, 2.24) is 19.8 Å². The van der Waals surface area contributed by atoms with Crippen LogP contribution in [0.15, 0.2) is 36.4 Å². The summed E-state index contributed by atoms with van der Waals surface area (Å²) in [4.78, 5) is 14.5. The summed E-state index contributed by atoms with van der Waals surface area (Å²) in [5.74, 6) is 2.24. The van der Waals surface area contributed by atoms with Crippen molar-refractivity contribution in [2.24, 2.45) is 0 Å². The van der Waals surface area contributed by atoms with E-state index in [9.17, 15) is 4.79 Å². The average molecular weight is 366 g/mol. The molecule has 27 heavy (non-hydrogen) atoms. The number of carbonyl (C=O) groups is 1. The van der Waals surface area contributed by atoms with Crippen LogP contribution in [0.2, 0.25) is 0 Å². The molecule has 0 bridgehead atoms. The van der Waals surface area contributed by atoms with Gasteiger partial charge in [0.2, 0.25) is 5.91 Å². The Bertz CT molecular complexity index is 948. The van der Waals surface area contributed by atoms with E-state index in [4.69, 9.17) is 4.74 Å². The standard InChI is InChI=1S/C19H22N6O2/c1-27-15-6-4-5-14(13-15)20-19(26)10-9-17-22-21-16-7-8-18(23-25(16)17)24-11-2-3-12-24/h4-8,13H,2-3,9-12H2,1H3,(H,20,26). The van der Waals surface area contributed by atoms with Gasteiger partial charge in [0.1, 0.15) is 11.6 Å². The van der Waals surface area contributed by atoms with Crippen LogP contribution in [-0.2, 0) is 11.2 Å². The predicted octanol–water partition coefficient (Wildman–Crippen LogP) is 2.30. The topological polar surface area (TPSA) is 84.6 Å². The highest BCUT2D eigenvalue weighted by Gasteiger charge is 2.16. The zero-order valence-corrected chi connectivity index (χ0v) is 15.3. The lowest BCUT2D eigenvalue weighted by atomic mass is 10.2. The van der Waals surface area contributed by atoms with E-state index < -0.39 is 0 Å². The number of nitrogens with one attached hydrogen (secondary N) is 1. The Morgan fingerprint density at radius 3 is 2.85 bits per heavy atom. The third-order valence-electron chi connectivity index (χ3n) is 4.67. The number of aromatic nitrogens is 4. The average Bonchev–Trinajstić information content (AvgIpc) is 3.36. The summed E-state index contributed by atoms with van der Waals surface area (Å²) >= 11 is 0. The van der Waals surface area contributed by atoms with Gasteiger partial charge in [0.05, 0.1) is 7.11 Å². The van der Waals surface area contributed by atoms with E-state index >= 15 is 0 Å². The fourth-order valence-corrected chi connectivity index (χ4v) is 3.24. The molecule has 1 N–H and O–H groups in total.